The number of aromatic nitrogens is 4. The van der Waals surface area contributed by atoms with Crippen LogP contribution in [0.15, 0.2) is 42.2 Å². The van der Waals surface area contributed by atoms with Crippen LogP contribution in [0.3, 0.4) is 0 Å². The van der Waals surface area contributed by atoms with Gasteiger partial charge in [0.15, 0.2) is 0 Å². The zero-order valence-corrected chi connectivity index (χ0v) is 13.7. The van der Waals surface area contributed by atoms with Gasteiger partial charge in [0, 0.05) is 24.0 Å². The molecule has 3 rings (SSSR count). The van der Waals surface area contributed by atoms with Gasteiger partial charge in [-0.15, -0.1) is 11.3 Å². The van der Waals surface area contributed by atoms with Gasteiger partial charge in [-0.3, -0.25) is 4.98 Å². The first kappa shape index (κ1) is 14.9. The molecule has 0 saturated carbocycles. The molecular weight excluding hydrogens is 318 g/mol. The Hall–Kier alpha value is -2.05. The molecule has 0 unspecified atom stereocenters. The number of hydrogen-bond acceptors (Lipinski definition) is 6. The maximum absolute atomic E-state index is 6.24. The lowest BCUT2D eigenvalue weighted by atomic mass is 10.00. The Balaban J connectivity index is 1.90. The normalized spacial score (nSPS) is 11.4. The fraction of sp³-hybridized carbons (Fsp3) is 0.200. The van der Waals surface area contributed by atoms with Crippen LogP contribution in [0.25, 0.3) is 10.7 Å². The standard InChI is InChI=1S/C15H14ClN5S/c1-15(2,12-10(16)4-3-6-17-12)21-14-19-7-5-11(20-14)13-18-8-9-22-13/h3-9H,1-2H3,(H,19,20,21). The first-order chi connectivity index (χ1) is 10.6. The molecule has 5 nitrogen and oxygen atoms in total. The summed E-state index contributed by atoms with van der Waals surface area (Å²) >= 11 is 7.77. The Labute approximate surface area is 137 Å². The summed E-state index contributed by atoms with van der Waals surface area (Å²) in [5, 5.41) is 6.67. The zero-order valence-electron chi connectivity index (χ0n) is 12.1. The molecule has 0 aromatic carbocycles. The van der Waals surface area contributed by atoms with Crippen molar-refractivity contribution in [3.05, 3.63) is 52.9 Å². The Kier molecular flexibility index (Phi) is 4.04. The van der Waals surface area contributed by atoms with E-state index >= 15 is 0 Å². The molecule has 0 saturated heterocycles. The summed E-state index contributed by atoms with van der Waals surface area (Å²) in [6, 6.07) is 5.46. The fourth-order valence-corrected chi connectivity index (χ4v) is 3.04. The van der Waals surface area contributed by atoms with E-state index < -0.39 is 5.54 Å². The highest BCUT2D eigenvalue weighted by Gasteiger charge is 2.25. The summed E-state index contributed by atoms with van der Waals surface area (Å²) in [4.78, 5) is 17.4. The summed E-state index contributed by atoms with van der Waals surface area (Å²) < 4.78 is 0. The van der Waals surface area contributed by atoms with Gasteiger partial charge in [0.2, 0.25) is 5.95 Å². The molecule has 0 bridgehead atoms. The second-order valence-electron chi connectivity index (χ2n) is 5.19. The van der Waals surface area contributed by atoms with Crippen LogP contribution >= 0.6 is 22.9 Å². The van der Waals surface area contributed by atoms with Gasteiger partial charge >= 0.3 is 0 Å². The molecule has 0 atom stereocenters. The summed E-state index contributed by atoms with van der Waals surface area (Å²) in [5.41, 5.74) is 1.04. The van der Waals surface area contributed by atoms with Crippen molar-refractivity contribution in [2.45, 2.75) is 19.4 Å². The molecule has 7 heteroatoms. The van der Waals surface area contributed by atoms with E-state index in [1.54, 1.807) is 18.6 Å². The van der Waals surface area contributed by atoms with Crippen LogP contribution in [-0.4, -0.2) is 19.9 Å². The monoisotopic (exact) mass is 331 g/mol. The Bertz CT molecular complexity index is 773. The minimum atomic E-state index is -0.500. The third kappa shape index (κ3) is 3.08. The molecule has 0 fully saturated rings. The minimum absolute atomic E-state index is 0.500. The molecule has 0 spiro atoms. The van der Waals surface area contributed by atoms with E-state index in [2.05, 4.69) is 25.3 Å². The van der Waals surface area contributed by atoms with Crippen molar-refractivity contribution in [2.24, 2.45) is 0 Å². The molecule has 0 aliphatic heterocycles. The van der Waals surface area contributed by atoms with Crippen LogP contribution in [0.1, 0.15) is 19.5 Å². The summed E-state index contributed by atoms with van der Waals surface area (Å²) in [6.45, 7) is 3.97. The van der Waals surface area contributed by atoms with E-state index in [0.717, 1.165) is 16.4 Å². The van der Waals surface area contributed by atoms with Crippen LogP contribution < -0.4 is 5.32 Å². The van der Waals surface area contributed by atoms with E-state index in [4.69, 9.17) is 11.6 Å². The average molecular weight is 332 g/mol. The summed E-state index contributed by atoms with van der Waals surface area (Å²) in [5.74, 6) is 0.513. The largest absolute Gasteiger partial charge is 0.344 e. The number of nitrogens with zero attached hydrogens (tertiary/aromatic N) is 4. The van der Waals surface area contributed by atoms with Crippen molar-refractivity contribution in [3.63, 3.8) is 0 Å². The van der Waals surface area contributed by atoms with Crippen molar-refractivity contribution >= 4 is 28.9 Å². The van der Waals surface area contributed by atoms with Crippen molar-refractivity contribution in [2.75, 3.05) is 5.32 Å². The van der Waals surface area contributed by atoms with Gasteiger partial charge in [0.1, 0.15) is 10.7 Å². The van der Waals surface area contributed by atoms with Gasteiger partial charge in [-0.1, -0.05) is 11.6 Å². The molecular formula is C15H14ClN5S. The summed E-state index contributed by atoms with van der Waals surface area (Å²) in [6.07, 6.45) is 5.19. The Morgan fingerprint density at radius 2 is 1.95 bits per heavy atom. The average Bonchev–Trinajstić information content (AvgIpc) is 3.01. The van der Waals surface area contributed by atoms with Gasteiger partial charge in [0.05, 0.1) is 16.3 Å². The van der Waals surface area contributed by atoms with Crippen molar-refractivity contribution in [1.29, 1.82) is 0 Å². The van der Waals surface area contributed by atoms with Crippen molar-refractivity contribution in [1.82, 2.24) is 19.9 Å². The number of hydrogen-bond donors (Lipinski definition) is 1. The highest BCUT2D eigenvalue weighted by molar-refractivity contribution is 7.13. The number of nitrogens with one attached hydrogen (secondary N) is 1. The molecule has 112 valence electrons. The molecule has 0 amide bonds. The predicted molar refractivity (Wildman–Crippen MR) is 89.0 cm³/mol. The SMILES string of the molecule is CC(C)(Nc1nccc(-c2nccs2)n1)c1ncccc1Cl. The number of thiazole rings is 1. The molecule has 22 heavy (non-hydrogen) atoms. The first-order valence-corrected chi connectivity index (χ1v) is 7.94. The van der Waals surface area contributed by atoms with Crippen LogP contribution in [0.2, 0.25) is 5.02 Å². The van der Waals surface area contributed by atoms with Crippen LogP contribution in [-0.2, 0) is 5.54 Å². The molecule has 3 aromatic heterocycles. The topological polar surface area (TPSA) is 63.6 Å². The van der Waals surface area contributed by atoms with Crippen molar-refractivity contribution in [3.8, 4) is 10.7 Å². The molecule has 3 aromatic rings. The number of halogens is 1. The smallest absolute Gasteiger partial charge is 0.224 e. The quantitative estimate of drug-likeness (QED) is 0.783. The van der Waals surface area contributed by atoms with Gasteiger partial charge in [-0.25, -0.2) is 15.0 Å². The van der Waals surface area contributed by atoms with E-state index in [1.807, 2.05) is 37.4 Å². The molecule has 1 N–H and O–H groups in total. The summed E-state index contributed by atoms with van der Waals surface area (Å²) in [7, 11) is 0. The zero-order chi connectivity index (χ0) is 15.6. The lowest BCUT2D eigenvalue weighted by molar-refractivity contribution is 0.581. The van der Waals surface area contributed by atoms with Gasteiger partial charge < -0.3 is 5.32 Å². The van der Waals surface area contributed by atoms with Crippen molar-refractivity contribution < 1.29 is 0 Å². The molecule has 3 heterocycles. The highest BCUT2D eigenvalue weighted by Crippen LogP contribution is 2.28. The third-order valence-electron chi connectivity index (χ3n) is 3.08. The van der Waals surface area contributed by atoms with Crippen LogP contribution in [0.5, 0.6) is 0 Å². The Morgan fingerprint density at radius 1 is 1.09 bits per heavy atom. The van der Waals surface area contributed by atoms with E-state index in [0.29, 0.717) is 11.0 Å². The lowest BCUT2D eigenvalue weighted by Crippen LogP contribution is -2.30. The van der Waals surface area contributed by atoms with E-state index in [9.17, 15) is 0 Å². The minimum Gasteiger partial charge on any atom is -0.344 e. The molecule has 0 aliphatic carbocycles. The maximum Gasteiger partial charge on any atom is 0.224 e. The molecule has 0 aliphatic rings. The number of rotatable bonds is 4. The van der Waals surface area contributed by atoms with E-state index in [-0.39, 0.29) is 0 Å². The maximum atomic E-state index is 6.24. The lowest BCUT2D eigenvalue weighted by Gasteiger charge is -2.26. The van der Waals surface area contributed by atoms with Gasteiger partial charge in [-0.05, 0) is 32.0 Å². The van der Waals surface area contributed by atoms with Gasteiger partial charge in [-0.2, -0.15) is 0 Å². The highest BCUT2D eigenvalue weighted by atomic mass is 35.5. The fourth-order valence-electron chi connectivity index (χ4n) is 2.07. The third-order valence-corrected chi connectivity index (χ3v) is 4.18. The number of anilines is 1. The second-order valence-corrected chi connectivity index (χ2v) is 6.49. The van der Waals surface area contributed by atoms with Crippen LogP contribution in [0, 0.1) is 0 Å². The van der Waals surface area contributed by atoms with E-state index in [1.165, 1.54) is 11.3 Å². The Morgan fingerprint density at radius 3 is 2.68 bits per heavy atom. The first-order valence-electron chi connectivity index (χ1n) is 6.68. The second kappa shape index (κ2) is 5.98. The molecule has 0 radical (unpaired) electrons. The number of pyridine rings is 1. The van der Waals surface area contributed by atoms with Gasteiger partial charge in [0.25, 0.3) is 0 Å². The van der Waals surface area contributed by atoms with Crippen LogP contribution in [0.4, 0.5) is 5.95 Å². The predicted octanol–water partition coefficient (Wildman–Crippen LogP) is 4.00.